The van der Waals surface area contributed by atoms with Crippen LogP contribution in [0.2, 0.25) is 0 Å². The molecule has 2 N–H and O–H groups in total. The van der Waals surface area contributed by atoms with Crippen molar-refractivity contribution >= 4 is 0 Å². The highest BCUT2D eigenvalue weighted by Crippen LogP contribution is 2.61. The first kappa shape index (κ1) is 21.7. The van der Waals surface area contributed by atoms with Crippen molar-refractivity contribution in [2.45, 2.75) is 123 Å². The molecular formula is C28H49NO. The number of rotatable bonds is 4. The lowest BCUT2D eigenvalue weighted by molar-refractivity contribution is -0.180. The second-order valence-electron chi connectivity index (χ2n) is 13.3. The summed E-state index contributed by atoms with van der Waals surface area (Å²) in [6.45, 7) is 12.9. The Morgan fingerprint density at radius 1 is 0.933 bits per heavy atom. The van der Waals surface area contributed by atoms with E-state index in [4.69, 9.17) is 10.5 Å². The average molecular weight is 416 g/mol. The van der Waals surface area contributed by atoms with E-state index >= 15 is 0 Å². The van der Waals surface area contributed by atoms with E-state index in [-0.39, 0.29) is 5.54 Å². The zero-order chi connectivity index (χ0) is 21.3. The van der Waals surface area contributed by atoms with Crippen LogP contribution in [-0.4, -0.2) is 17.7 Å². The molecular weight excluding hydrogens is 366 g/mol. The van der Waals surface area contributed by atoms with Gasteiger partial charge in [0.1, 0.15) is 0 Å². The van der Waals surface area contributed by atoms with E-state index in [9.17, 15) is 0 Å². The van der Waals surface area contributed by atoms with Crippen LogP contribution in [0.1, 0.15) is 105 Å². The highest BCUT2D eigenvalue weighted by Gasteiger charge is 2.57. The molecule has 0 spiro atoms. The first-order valence-electron chi connectivity index (χ1n) is 13.6. The lowest BCUT2D eigenvalue weighted by atomic mass is 9.45. The molecule has 0 aromatic heterocycles. The minimum absolute atomic E-state index is 0.157. The van der Waals surface area contributed by atoms with Crippen molar-refractivity contribution in [1.82, 2.24) is 0 Å². The fraction of sp³-hybridized carbons (Fsp3) is 1.00. The molecule has 0 amide bonds. The third kappa shape index (κ3) is 3.42. The van der Waals surface area contributed by atoms with Gasteiger partial charge in [-0.3, -0.25) is 0 Å². The standard InChI is InChI=1S/C28H49NO/c1-17-8-11-28(29)22(12-17)6-7-25-20(4)27(5,10-9-26(25)28)19(3)13-18(2)21-14-23-16-24(15-21)30-23/h17-26H,6-16,29H2,1-5H3. The Balaban J connectivity index is 1.26. The van der Waals surface area contributed by atoms with Gasteiger partial charge in [0.05, 0.1) is 12.2 Å². The van der Waals surface area contributed by atoms with Crippen LogP contribution in [0, 0.1) is 52.8 Å². The molecule has 6 fully saturated rings. The van der Waals surface area contributed by atoms with Gasteiger partial charge in [-0.1, -0.05) is 34.6 Å². The van der Waals surface area contributed by atoms with Gasteiger partial charge in [0.2, 0.25) is 0 Å². The van der Waals surface area contributed by atoms with Gasteiger partial charge in [0.15, 0.2) is 0 Å². The Bertz CT molecular complexity index is 618. The molecule has 2 saturated heterocycles. The van der Waals surface area contributed by atoms with Gasteiger partial charge >= 0.3 is 0 Å². The average Bonchev–Trinajstić information content (AvgIpc) is 2.70. The fourth-order valence-electron chi connectivity index (χ4n) is 9.46. The number of hydrogen-bond donors (Lipinski definition) is 1. The zero-order valence-electron chi connectivity index (χ0n) is 20.5. The Morgan fingerprint density at radius 3 is 2.33 bits per heavy atom. The van der Waals surface area contributed by atoms with Gasteiger partial charge in [-0.2, -0.15) is 0 Å². The maximum absolute atomic E-state index is 7.29. The van der Waals surface area contributed by atoms with Crippen molar-refractivity contribution in [1.29, 1.82) is 0 Å². The summed E-state index contributed by atoms with van der Waals surface area (Å²) in [6, 6.07) is 0. The van der Waals surface area contributed by atoms with Gasteiger partial charge in [-0.05, 0) is 123 Å². The normalized spacial score (nSPS) is 55.0. The van der Waals surface area contributed by atoms with Crippen molar-refractivity contribution in [3.05, 3.63) is 0 Å². The van der Waals surface area contributed by atoms with Crippen LogP contribution >= 0.6 is 0 Å². The summed E-state index contributed by atoms with van der Waals surface area (Å²) in [7, 11) is 0. The number of hydrogen-bond acceptors (Lipinski definition) is 2. The van der Waals surface area contributed by atoms with Crippen LogP contribution in [0.15, 0.2) is 0 Å². The third-order valence-corrected chi connectivity index (χ3v) is 11.9. The van der Waals surface area contributed by atoms with Gasteiger partial charge in [-0.25, -0.2) is 0 Å². The second kappa shape index (κ2) is 7.75. The molecule has 6 aliphatic rings. The molecule has 6 rings (SSSR count). The summed E-state index contributed by atoms with van der Waals surface area (Å²) < 4.78 is 5.92. The molecule has 4 aliphatic carbocycles. The summed E-state index contributed by atoms with van der Waals surface area (Å²) in [5.74, 6) is 6.76. The number of fused-ring (bicyclic) bond motifs is 5. The molecule has 11 atom stereocenters. The molecule has 11 unspecified atom stereocenters. The summed E-state index contributed by atoms with van der Waals surface area (Å²) in [6.07, 6.45) is 16.3. The lowest BCUT2D eigenvalue weighted by Gasteiger charge is -2.62. The monoisotopic (exact) mass is 415 g/mol. The van der Waals surface area contributed by atoms with E-state index < -0.39 is 0 Å². The Kier molecular flexibility index (Phi) is 5.62. The van der Waals surface area contributed by atoms with E-state index in [2.05, 4.69) is 34.6 Å². The van der Waals surface area contributed by atoms with Crippen molar-refractivity contribution in [3.8, 4) is 0 Å². The van der Waals surface area contributed by atoms with Crippen molar-refractivity contribution < 1.29 is 4.74 Å². The largest absolute Gasteiger partial charge is 0.375 e. The van der Waals surface area contributed by atoms with Gasteiger partial charge in [-0.15, -0.1) is 0 Å². The lowest BCUT2D eigenvalue weighted by Crippen LogP contribution is -2.63. The van der Waals surface area contributed by atoms with Crippen LogP contribution in [-0.2, 0) is 4.74 Å². The van der Waals surface area contributed by atoms with E-state index in [1.54, 1.807) is 0 Å². The van der Waals surface area contributed by atoms with Gasteiger partial charge in [0.25, 0.3) is 0 Å². The molecule has 2 heterocycles. The van der Waals surface area contributed by atoms with Crippen LogP contribution in [0.4, 0.5) is 0 Å². The molecule has 2 aliphatic heterocycles. The quantitative estimate of drug-likeness (QED) is 0.547. The summed E-state index contributed by atoms with van der Waals surface area (Å²) in [4.78, 5) is 0. The molecule has 2 heteroatoms. The minimum atomic E-state index is 0.157. The molecule has 0 aromatic carbocycles. The Morgan fingerprint density at radius 2 is 1.63 bits per heavy atom. The van der Waals surface area contributed by atoms with Crippen LogP contribution < -0.4 is 5.73 Å². The molecule has 4 saturated carbocycles. The third-order valence-electron chi connectivity index (χ3n) is 11.9. The predicted octanol–water partition coefficient (Wildman–Crippen LogP) is 6.81. The van der Waals surface area contributed by atoms with Crippen LogP contribution in [0.5, 0.6) is 0 Å². The maximum Gasteiger partial charge on any atom is 0.0606 e. The molecule has 30 heavy (non-hydrogen) atoms. The topological polar surface area (TPSA) is 35.2 Å². The van der Waals surface area contributed by atoms with E-state index in [0.29, 0.717) is 17.6 Å². The zero-order valence-corrected chi connectivity index (χ0v) is 20.5. The summed E-state index contributed by atoms with van der Waals surface area (Å²) in [5.41, 5.74) is 7.94. The molecule has 2 nitrogen and oxygen atoms in total. The molecule has 2 bridgehead atoms. The summed E-state index contributed by atoms with van der Waals surface area (Å²) >= 11 is 0. The van der Waals surface area contributed by atoms with Crippen LogP contribution in [0.3, 0.4) is 0 Å². The SMILES string of the molecule is CC1CCC2(N)C(CCC3C(C)C(C)(C(C)CC(C)C4CC5CC(C4)O5)CCC32)C1. The number of nitrogens with two attached hydrogens (primary N) is 1. The van der Waals surface area contributed by atoms with Crippen molar-refractivity contribution in [2.24, 2.45) is 58.5 Å². The first-order chi connectivity index (χ1) is 14.2. The van der Waals surface area contributed by atoms with Gasteiger partial charge < -0.3 is 10.5 Å². The van der Waals surface area contributed by atoms with E-state index in [0.717, 1.165) is 47.3 Å². The highest BCUT2D eigenvalue weighted by atomic mass is 16.5. The second-order valence-corrected chi connectivity index (χ2v) is 13.3. The molecule has 172 valence electrons. The minimum Gasteiger partial charge on any atom is -0.375 e. The predicted molar refractivity (Wildman–Crippen MR) is 125 cm³/mol. The van der Waals surface area contributed by atoms with Crippen molar-refractivity contribution in [3.63, 3.8) is 0 Å². The first-order valence-corrected chi connectivity index (χ1v) is 13.6. The summed E-state index contributed by atoms with van der Waals surface area (Å²) in [5, 5.41) is 0. The molecule has 0 aromatic rings. The van der Waals surface area contributed by atoms with Crippen molar-refractivity contribution in [2.75, 3.05) is 0 Å². The number of ether oxygens (including phenoxy) is 1. The van der Waals surface area contributed by atoms with Gasteiger partial charge in [0, 0.05) is 5.54 Å². The highest BCUT2D eigenvalue weighted by molar-refractivity contribution is 5.10. The fourth-order valence-corrected chi connectivity index (χ4v) is 9.46. The molecule has 0 radical (unpaired) electrons. The Hall–Kier alpha value is -0.0800. The smallest absolute Gasteiger partial charge is 0.0606 e. The van der Waals surface area contributed by atoms with Crippen LogP contribution in [0.25, 0.3) is 0 Å². The van der Waals surface area contributed by atoms with E-state index in [1.165, 1.54) is 70.6 Å². The maximum atomic E-state index is 7.29. The van der Waals surface area contributed by atoms with E-state index in [1.807, 2.05) is 0 Å². The Labute approximate surface area is 186 Å².